The van der Waals surface area contributed by atoms with Gasteiger partial charge in [0, 0.05) is 37.1 Å². The molecule has 2 atom stereocenters. The minimum absolute atomic E-state index is 0.0644. The van der Waals surface area contributed by atoms with Crippen molar-refractivity contribution in [1.82, 2.24) is 10.3 Å². The van der Waals surface area contributed by atoms with Crippen molar-refractivity contribution in [3.63, 3.8) is 0 Å². The van der Waals surface area contributed by atoms with E-state index in [9.17, 15) is 9.90 Å². The van der Waals surface area contributed by atoms with E-state index in [0.29, 0.717) is 19.7 Å². The van der Waals surface area contributed by atoms with E-state index in [1.165, 1.54) is 6.08 Å². The molecule has 1 aromatic carbocycles. The molecule has 0 unspecified atom stereocenters. The van der Waals surface area contributed by atoms with Gasteiger partial charge in [0.2, 0.25) is 0 Å². The number of aryl methyl sites for hydroxylation is 1. The Balaban J connectivity index is 1.48. The molecule has 1 aliphatic heterocycles. The molecule has 0 radical (unpaired) electrons. The van der Waals surface area contributed by atoms with Crippen molar-refractivity contribution < 1.29 is 19.4 Å². The van der Waals surface area contributed by atoms with Crippen molar-refractivity contribution in [3.8, 4) is 5.75 Å². The first-order chi connectivity index (χ1) is 13.7. The average Bonchev–Trinajstić information content (AvgIpc) is 2.73. The number of hydrogen-bond acceptors (Lipinski definition) is 6. The summed E-state index contributed by atoms with van der Waals surface area (Å²) in [5.41, 5.74) is 2.89. The summed E-state index contributed by atoms with van der Waals surface area (Å²) >= 11 is 0. The molecule has 3 rings (SSSR count). The molecule has 6 heteroatoms. The van der Waals surface area contributed by atoms with Gasteiger partial charge in [-0.3, -0.25) is 4.98 Å². The maximum atomic E-state index is 11.4. The summed E-state index contributed by atoms with van der Waals surface area (Å²) in [6.45, 7) is 3.28. The van der Waals surface area contributed by atoms with E-state index in [-0.39, 0.29) is 12.1 Å². The molecule has 1 aliphatic rings. The third kappa shape index (κ3) is 5.65. The number of nitrogens with zero attached hydrogens (tertiary/aromatic N) is 1. The van der Waals surface area contributed by atoms with Gasteiger partial charge >= 0.3 is 5.97 Å². The first kappa shape index (κ1) is 20.0. The zero-order chi connectivity index (χ0) is 19.8. The predicted molar refractivity (Wildman–Crippen MR) is 107 cm³/mol. The quantitative estimate of drug-likeness (QED) is 0.540. The lowest BCUT2D eigenvalue weighted by Crippen LogP contribution is -2.36. The van der Waals surface area contributed by atoms with Gasteiger partial charge in [-0.1, -0.05) is 12.1 Å². The van der Waals surface area contributed by atoms with E-state index in [2.05, 4.69) is 10.3 Å². The number of carbonyl (C=O) groups excluding carboxylic acids is 1. The second-order valence-corrected chi connectivity index (χ2v) is 6.69. The summed E-state index contributed by atoms with van der Waals surface area (Å²) in [6, 6.07) is 9.59. The second kappa shape index (κ2) is 10.0. The molecule has 28 heavy (non-hydrogen) atoms. The van der Waals surface area contributed by atoms with Gasteiger partial charge in [-0.05, 0) is 55.2 Å². The topological polar surface area (TPSA) is 80.7 Å². The first-order valence-electron chi connectivity index (χ1n) is 9.59. The number of aromatic nitrogens is 1. The maximum absolute atomic E-state index is 11.4. The minimum Gasteiger partial charge on any atom is -0.489 e. The third-order valence-electron chi connectivity index (χ3n) is 4.59. The van der Waals surface area contributed by atoms with Crippen LogP contribution in [0.2, 0.25) is 0 Å². The van der Waals surface area contributed by atoms with E-state index >= 15 is 0 Å². The second-order valence-electron chi connectivity index (χ2n) is 6.69. The zero-order valence-electron chi connectivity index (χ0n) is 16.0. The van der Waals surface area contributed by atoms with Gasteiger partial charge in [0.05, 0.1) is 12.7 Å². The first-order valence-corrected chi connectivity index (χ1v) is 9.59. The standard InChI is InChI=1S/C22H26N2O4/c1-2-27-22(26)10-6-16-5-9-21-17(12-16)7-8-19(28-21)14-24-15-20(25)18-4-3-11-23-13-18/h3-6,9-13,19-20,24-25H,2,7-8,14-15H2,1H3/b10-6+/t19-,20-/m0/s1. The van der Waals surface area contributed by atoms with Crippen LogP contribution in [0.3, 0.4) is 0 Å². The molecule has 0 aliphatic carbocycles. The van der Waals surface area contributed by atoms with Crippen LogP contribution in [0.5, 0.6) is 5.75 Å². The summed E-state index contributed by atoms with van der Waals surface area (Å²) in [5, 5.41) is 13.5. The molecule has 0 saturated heterocycles. The van der Waals surface area contributed by atoms with Gasteiger partial charge in [0.25, 0.3) is 0 Å². The summed E-state index contributed by atoms with van der Waals surface area (Å²) in [4.78, 5) is 15.4. The van der Waals surface area contributed by atoms with E-state index in [1.807, 2.05) is 30.3 Å². The number of ether oxygens (including phenoxy) is 2. The Kier molecular flexibility index (Phi) is 7.17. The fourth-order valence-electron chi connectivity index (χ4n) is 3.14. The number of carbonyl (C=O) groups is 1. The summed E-state index contributed by atoms with van der Waals surface area (Å²) in [7, 11) is 0. The molecular formula is C22H26N2O4. The van der Waals surface area contributed by atoms with Crippen molar-refractivity contribution in [2.45, 2.75) is 32.0 Å². The van der Waals surface area contributed by atoms with Crippen LogP contribution in [0.1, 0.15) is 36.1 Å². The highest BCUT2D eigenvalue weighted by molar-refractivity contribution is 5.87. The highest BCUT2D eigenvalue weighted by Crippen LogP contribution is 2.28. The number of pyridine rings is 1. The molecular weight excluding hydrogens is 356 g/mol. The molecule has 0 amide bonds. The fourth-order valence-corrected chi connectivity index (χ4v) is 3.14. The molecule has 0 spiro atoms. The number of esters is 1. The van der Waals surface area contributed by atoms with Crippen molar-refractivity contribution >= 4 is 12.0 Å². The summed E-state index contributed by atoms with van der Waals surface area (Å²) in [6.07, 6.45) is 7.85. The number of rotatable bonds is 8. The largest absolute Gasteiger partial charge is 0.489 e. The number of hydrogen-bond donors (Lipinski definition) is 2. The number of aliphatic hydroxyl groups is 1. The Morgan fingerprint density at radius 1 is 1.46 bits per heavy atom. The highest BCUT2D eigenvalue weighted by Gasteiger charge is 2.20. The van der Waals surface area contributed by atoms with Crippen molar-refractivity contribution in [3.05, 3.63) is 65.5 Å². The van der Waals surface area contributed by atoms with Crippen LogP contribution in [-0.4, -0.2) is 41.9 Å². The third-order valence-corrected chi connectivity index (χ3v) is 4.59. The minimum atomic E-state index is -0.585. The van der Waals surface area contributed by atoms with Gasteiger partial charge in [0.1, 0.15) is 11.9 Å². The number of aliphatic hydroxyl groups excluding tert-OH is 1. The predicted octanol–water partition coefficient (Wildman–Crippen LogP) is 2.67. The van der Waals surface area contributed by atoms with Crippen LogP contribution >= 0.6 is 0 Å². The van der Waals surface area contributed by atoms with Crippen molar-refractivity contribution in [2.75, 3.05) is 19.7 Å². The molecule has 2 heterocycles. The molecule has 2 aromatic rings. The van der Waals surface area contributed by atoms with Crippen molar-refractivity contribution in [1.29, 1.82) is 0 Å². The van der Waals surface area contributed by atoms with Gasteiger partial charge in [-0.2, -0.15) is 0 Å². The maximum Gasteiger partial charge on any atom is 0.330 e. The molecule has 6 nitrogen and oxygen atoms in total. The van der Waals surface area contributed by atoms with Crippen molar-refractivity contribution in [2.24, 2.45) is 0 Å². The number of benzene rings is 1. The van der Waals surface area contributed by atoms with Gasteiger partial charge < -0.3 is 19.9 Å². The van der Waals surface area contributed by atoms with Gasteiger partial charge in [-0.25, -0.2) is 4.79 Å². The number of nitrogens with one attached hydrogen (secondary N) is 1. The van der Waals surface area contributed by atoms with Crippen LogP contribution < -0.4 is 10.1 Å². The zero-order valence-corrected chi connectivity index (χ0v) is 16.0. The lowest BCUT2D eigenvalue weighted by atomic mass is 9.99. The number of fused-ring (bicyclic) bond motifs is 1. The van der Waals surface area contributed by atoms with Crippen LogP contribution in [0, 0.1) is 0 Å². The SMILES string of the molecule is CCOC(=O)/C=C/c1ccc2c(c1)CC[C@@H](CNC[C@H](O)c1cccnc1)O2. The molecule has 1 aromatic heterocycles. The Morgan fingerprint density at radius 2 is 2.36 bits per heavy atom. The van der Waals surface area contributed by atoms with E-state index in [0.717, 1.165) is 35.3 Å². The molecule has 2 N–H and O–H groups in total. The summed E-state index contributed by atoms with van der Waals surface area (Å²) in [5.74, 6) is 0.537. The van der Waals surface area contributed by atoms with Crippen LogP contribution in [0.4, 0.5) is 0 Å². The van der Waals surface area contributed by atoms with Gasteiger partial charge in [0.15, 0.2) is 0 Å². The van der Waals surface area contributed by atoms with E-state index in [4.69, 9.17) is 9.47 Å². The van der Waals surface area contributed by atoms with E-state index in [1.54, 1.807) is 25.4 Å². The Bertz CT molecular complexity index is 807. The Labute approximate surface area is 165 Å². The molecule has 0 saturated carbocycles. The van der Waals surface area contributed by atoms with Gasteiger partial charge in [-0.15, -0.1) is 0 Å². The monoisotopic (exact) mass is 382 g/mol. The Morgan fingerprint density at radius 3 is 3.14 bits per heavy atom. The summed E-state index contributed by atoms with van der Waals surface area (Å²) < 4.78 is 11.0. The Hall–Kier alpha value is -2.70. The normalized spacial score (nSPS) is 17.0. The average molecular weight is 382 g/mol. The lowest BCUT2D eigenvalue weighted by Gasteiger charge is -2.27. The smallest absolute Gasteiger partial charge is 0.330 e. The molecule has 0 bridgehead atoms. The lowest BCUT2D eigenvalue weighted by molar-refractivity contribution is -0.137. The fraction of sp³-hybridized carbons (Fsp3) is 0.364. The van der Waals surface area contributed by atoms with Crippen LogP contribution in [0.15, 0.2) is 48.8 Å². The molecule has 0 fully saturated rings. The van der Waals surface area contributed by atoms with E-state index < -0.39 is 6.10 Å². The van der Waals surface area contributed by atoms with Crippen LogP contribution in [0.25, 0.3) is 6.08 Å². The van der Waals surface area contributed by atoms with Crippen LogP contribution in [-0.2, 0) is 16.0 Å². The highest BCUT2D eigenvalue weighted by atomic mass is 16.5. The molecule has 148 valence electrons.